The number of anilines is 1. The fourth-order valence-corrected chi connectivity index (χ4v) is 2.51. The lowest BCUT2D eigenvalue weighted by Gasteiger charge is -2.31. The molecular weight excluding hydrogens is 258 g/mol. The number of amides is 1. The van der Waals surface area contributed by atoms with Crippen LogP contribution in [0.4, 0.5) is 5.69 Å². The summed E-state index contributed by atoms with van der Waals surface area (Å²) in [6.07, 6.45) is 1.65. The Morgan fingerprint density at radius 1 is 1.35 bits per heavy atom. The lowest BCUT2D eigenvalue weighted by atomic mass is 9.99. The second kappa shape index (κ2) is 3.93. The minimum atomic E-state index is -1.20. The average molecular weight is 273 g/mol. The van der Waals surface area contributed by atoms with E-state index in [-0.39, 0.29) is 11.5 Å². The first-order valence-electron chi connectivity index (χ1n) is 6.16. The zero-order chi connectivity index (χ0) is 14.5. The van der Waals surface area contributed by atoms with Crippen LogP contribution in [0.1, 0.15) is 12.5 Å². The van der Waals surface area contributed by atoms with Crippen molar-refractivity contribution in [1.82, 2.24) is 0 Å². The first kappa shape index (κ1) is 12.4. The van der Waals surface area contributed by atoms with E-state index in [0.717, 1.165) is 11.3 Å². The van der Waals surface area contributed by atoms with Crippen LogP contribution in [0.2, 0.25) is 0 Å². The van der Waals surface area contributed by atoms with E-state index in [1.807, 2.05) is 25.1 Å². The van der Waals surface area contributed by atoms with Gasteiger partial charge in [-0.1, -0.05) is 6.07 Å². The number of aryl methyl sites for hydroxylation is 1. The molecule has 1 aromatic carbocycles. The molecule has 0 bridgehead atoms. The highest BCUT2D eigenvalue weighted by atomic mass is 16.5. The second-order valence-corrected chi connectivity index (χ2v) is 4.92. The highest BCUT2D eigenvalue weighted by Gasteiger charge is 2.48. The SMILES string of the molecule is CC1=C[C@@]2(Nc3cc(C)ccc3O2)C(C(N)=O)=C(N)O1. The van der Waals surface area contributed by atoms with Gasteiger partial charge in [-0.3, -0.25) is 4.79 Å². The molecule has 0 fully saturated rings. The van der Waals surface area contributed by atoms with Crippen LogP contribution in [-0.2, 0) is 9.53 Å². The number of ether oxygens (including phenoxy) is 2. The van der Waals surface area contributed by atoms with Crippen LogP contribution in [0.25, 0.3) is 0 Å². The Morgan fingerprint density at radius 3 is 2.80 bits per heavy atom. The van der Waals surface area contributed by atoms with Crippen molar-refractivity contribution in [3.8, 4) is 5.75 Å². The average Bonchev–Trinajstić information content (AvgIpc) is 2.63. The number of hydrogen-bond donors (Lipinski definition) is 3. The van der Waals surface area contributed by atoms with E-state index in [9.17, 15) is 4.79 Å². The Kier molecular flexibility index (Phi) is 2.44. The van der Waals surface area contributed by atoms with Crippen molar-refractivity contribution < 1.29 is 14.3 Å². The molecule has 2 aliphatic heterocycles. The summed E-state index contributed by atoms with van der Waals surface area (Å²) in [5.41, 5.74) is 11.9. The summed E-state index contributed by atoms with van der Waals surface area (Å²) in [6, 6.07) is 5.68. The van der Waals surface area contributed by atoms with Gasteiger partial charge in [0.2, 0.25) is 11.6 Å². The predicted octanol–water partition coefficient (Wildman–Crippen LogP) is 1.09. The molecule has 3 rings (SSSR count). The number of allylic oxidation sites excluding steroid dienone is 1. The van der Waals surface area contributed by atoms with Crippen LogP contribution in [0.15, 0.2) is 41.5 Å². The van der Waals surface area contributed by atoms with Crippen LogP contribution in [0, 0.1) is 6.92 Å². The van der Waals surface area contributed by atoms with Gasteiger partial charge in [0.1, 0.15) is 17.1 Å². The molecular formula is C14H15N3O3. The predicted molar refractivity (Wildman–Crippen MR) is 73.4 cm³/mol. The first-order chi connectivity index (χ1) is 9.41. The maximum atomic E-state index is 11.7. The third-order valence-electron chi connectivity index (χ3n) is 3.27. The summed E-state index contributed by atoms with van der Waals surface area (Å²) in [5.74, 6) is 0.426. The maximum Gasteiger partial charge on any atom is 0.256 e. The van der Waals surface area contributed by atoms with Gasteiger partial charge in [-0.15, -0.1) is 0 Å². The lowest BCUT2D eigenvalue weighted by molar-refractivity contribution is -0.116. The quantitative estimate of drug-likeness (QED) is 0.711. The van der Waals surface area contributed by atoms with E-state index in [2.05, 4.69) is 5.32 Å². The van der Waals surface area contributed by atoms with Crippen molar-refractivity contribution in [2.45, 2.75) is 19.6 Å². The number of nitrogens with two attached hydrogens (primary N) is 2. The fourth-order valence-electron chi connectivity index (χ4n) is 2.51. The van der Waals surface area contributed by atoms with E-state index in [0.29, 0.717) is 11.5 Å². The highest BCUT2D eigenvalue weighted by Crippen LogP contribution is 2.43. The molecule has 2 heterocycles. The standard InChI is InChI=1S/C14H15N3O3/c1-7-3-4-10-9(5-7)17-14(20-10)6-8(2)19-13(16)11(14)12(15)18/h3-6,17H,16H2,1-2H3,(H2,15,18)/t14-/m0/s1. The Bertz CT molecular complexity index is 678. The first-order valence-corrected chi connectivity index (χ1v) is 6.16. The topological polar surface area (TPSA) is 99.6 Å². The number of carbonyl (C=O) groups is 1. The number of rotatable bonds is 1. The summed E-state index contributed by atoms with van der Waals surface area (Å²) in [7, 11) is 0. The van der Waals surface area contributed by atoms with Crippen molar-refractivity contribution in [1.29, 1.82) is 0 Å². The minimum absolute atomic E-state index is 0.0467. The zero-order valence-electron chi connectivity index (χ0n) is 11.2. The molecule has 0 aromatic heterocycles. The van der Waals surface area contributed by atoms with Crippen LogP contribution < -0.4 is 21.5 Å². The smallest absolute Gasteiger partial charge is 0.256 e. The third-order valence-corrected chi connectivity index (χ3v) is 3.27. The number of benzene rings is 1. The van der Waals surface area contributed by atoms with Gasteiger partial charge < -0.3 is 26.3 Å². The summed E-state index contributed by atoms with van der Waals surface area (Å²) >= 11 is 0. The van der Waals surface area contributed by atoms with E-state index in [1.54, 1.807) is 13.0 Å². The van der Waals surface area contributed by atoms with Crippen LogP contribution >= 0.6 is 0 Å². The number of fused-ring (bicyclic) bond motifs is 1. The number of nitrogens with one attached hydrogen (secondary N) is 1. The summed E-state index contributed by atoms with van der Waals surface area (Å²) < 4.78 is 11.2. The molecule has 104 valence electrons. The molecule has 0 saturated heterocycles. The van der Waals surface area contributed by atoms with Crippen molar-refractivity contribution in [3.63, 3.8) is 0 Å². The Morgan fingerprint density at radius 2 is 2.10 bits per heavy atom. The molecule has 0 saturated carbocycles. The van der Waals surface area contributed by atoms with Gasteiger partial charge in [0.15, 0.2) is 0 Å². The monoisotopic (exact) mass is 273 g/mol. The van der Waals surface area contributed by atoms with Gasteiger partial charge in [-0.25, -0.2) is 0 Å². The van der Waals surface area contributed by atoms with E-state index >= 15 is 0 Å². The van der Waals surface area contributed by atoms with Gasteiger partial charge in [0.05, 0.1) is 5.69 Å². The minimum Gasteiger partial charge on any atom is -0.457 e. The van der Waals surface area contributed by atoms with Gasteiger partial charge >= 0.3 is 0 Å². The van der Waals surface area contributed by atoms with E-state index in [4.69, 9.17) is 20.9 Å². The molecule has 0 unspecified atom stereocenters. The van der Waals surface area contributed by atoms with Crippen molar-refractivity contribution in [3.05, 3.63) is 47.1 Å². The number of carbonyl (C=O) groups excluding carboxylic acids is 1. The molecule has 1 aromatic rings. The molecule has 6 heteroatoms. The van der Waals surface area contributed by atoms with Gasteiger partial charge in [-0.05, 0) is 31.5 Å². The third kappa shape index (κ3) is 1.69. The van der Waals surface area contributed by atoms with E-state index < -0.39 is 11.6 Å². The van der Waals surface area contributed by atoms with Gasteiger partial charge in [-0.2, -0.15) is 0 Å². The number of hydrogen-bond acceptors (Lipinski definition) is 5. The molecule has 1 amide bonds. The molecule has 1 spiro atoms. The summed E-state index contributed by atoms with van der Waals surface area (Å²) in [5, 5.41) is 3.17. The maximum absolute atomic E-state index is 11.7. The number of primary amides is 1. The molecule has 0 aliphatic carbocycles. The summed E-state index contributed by atoms with van der Waals surface area (Å²) in [6.45, 7) is 3.70. The Labute approximate surface area is 116 Å². The highest BCUT2D eigenvalue weighted by molar-refractivity contribution is 5.97. The molecule has 0 radical (unpaired) electrons. The second-order valence-electron chi connectivity index (χ2n) is 4.92. The van der Waals surface area contributed by atoms with Gasteiger partial charge in [0.25, 0.3) is 5.91 Å². The summed E-state index contributed by atoms with van der Waals surface area (Å²) in [4.78, 5) is 11.7. The Balaban J connectivity index is 2.13. The van der Waals surface area contributed by atoms with Crippen molar-refractivity contribution in [2.24, 2.45) is 11.5 Å². The van der Waals surface area contributed by atoms with Crippen LogP contribution in [0.5, 0.6) is 5.75 Å². The van der Waals surface area contributed by atoms with Crippen LogP contribution in [-0.4, -0.2) is 11.6 Å². The Hall–Kier alpha value is -2.63. The van der Waals surface area contributed by atoms with Crippen molar-refractivity contribution >= 4 is 11.6 Å². The van der Waals surface area contributed by atoms with Crippen LogP contribution in [0.3, 0.4) is 0 Å². The molecule has 6 nitrogen and oxygen atoms in total. The van der Waals surface area contributed by atoms with Gasteiger partial charge in [0, 0.05) is 6.08 Å². The molecule has 5 N–H and O–H groups in total. The molecule has 20 heavy (non-hydrogen) atoms. The molecule has 1 atom stereocenters. The van der Waals surface area contributed by atoms with E-state index in [1.165, 1.54) is 0 Å². The molecule has 2 aliphatic rings. The zero-order valence-corrected chi connectivity index (χ0v) is 11.2. The fraction of sp³-hybridized carbons (Fsp3) is 0.214. The normalized spacial score (nSPS) is 23.6. The van der Waals surface area contributed by atoms with Crippen molar-refractivity contribution in [2.75, 3.05) is 5.32 Å². The lowest BCUT2D eigenvalue weighted by Crippen LogP contribution is -2.48. The largest absolute Gasteiger partial charge is 0.457 e.